The number of anilines is 5. The molecular formula is C24H20N8O. The Kier molecular flexibility index (Phi) is 5.34. The molecule has 0 aliphatic heterocycles. The largest absolute Gasteiger partial charge is 0.338 e. The normalized spacial score (nSPS) is 10.7. The van der Waals surface area contributed by atoms with Crippen molar-refractivity contribution in [3.8, 4) is 5.69 Å². The molecule has 3 N–H and O–H groups in total. The van der Waals surface area contributed by atoms with Crippen LogP contribution in [-0.4, -0.2) is 30.4 Å². The lowest BCUT2D eigenvalue weighted by Gasteiger charge is -2.11. The molecule has 0 aliphatic rings. The number of amides is 1. The van der Waals surface area contributed by atoms with Gasteiger partial charge in [-0.05, 0) is 48.5 Å². The number of aromatic nitrogens is 5. The first-order valence-electron chi connectivity index (χ1n) is 10.3. The van der Waals surface area contributed by atoms with Crippen LogP contribution in [0.1, 0.15) is 6.92 Å². The Balaban J connectivity index is 1.56. The number of hydrogen-bond acceptors (Lipinski definition) is 7. The Labute approximate surface area is 189 Å². The van der Waals surface area contributed by atoms with Gasteiger partial charge in [-0.1, -0.05) is 18.2 Å². The topological polar surface area (TPSA) is 110 Å². The number of pyridine rings is 1. The average molecular weight is 436 g/mol. The minimum atomic E-state index is -0.119. The molecule has 33 heavy (non-hydrogen) atoms. The predicted molar refractivity (Wildman–Crippen MR) is 128 cm³/mol. The summed E-state index contributed by atoms with van der Waals surface area (Å²) in [6, 6.07) is 20.9. The van der Waals surface area contributed by atoms with Crippen LogP contribution in [0.2, 0.25) is 0 Å². The summed E-state index contributed by atoms with van der Waals surface area (Å²) in [5, 5.41) is 9.32. The van der Waals surface area contributed by atoms with Crippen LogP contribution in [-0.2, 0) is 4.79 Å². The lowest BCUT2D eigenvalue weighted by Crippen LogP contribution is -2.06. The van der Waals surface area contributed by atoms with Crippen LogP contribution < -0.4 is 16.0 Å². The minimum Gasteiger partial charge on any atom is -0.338 e. The molecule has 0 spiro atoms. The molecule has 3 heterocycles. The van der Waals surface area contributed by atoms with Gasteiger partial charge < -0.3 is 16.0 Å². The van der Waals surface area contributed by atoms with Crippen LogP contribution in [0.3, 0.4) is 0 Å². The van der Waals surface area contributed by atoms with E-state index >= 15 is 0 Å². The third-order valence-corrected chi connectivity index (χ3v) is 4.83. The van der Waals surface area contributed by atoms with Crippen LogP contribution >= 0.6 is 0 Å². The van der Waals surface area contributed by atoms with Crippen molar-refractivity contribution in [1.82, 2.24) is 24.5 Å². The number of hydrogen-bond donors (Lipinski definition) is 3. The number of fused-ring (bicyclic) bond motifs is 1. The second-order valence-corrected chi connectivity index (χ2v) is 7.26. The van der Waals surface area contributed by atoms with Gasteiger partial charge in [0, 0.05) is 42.1 Å². The van der Waals surface area contributed by atoms with E-state index in [0.717, 1.165) is 17.1 Å². The average Bonchev–Trinajstić information content (AvgIpc) is 3.26. The molecular weight excluding hydrogens is 416 g/mol. The van der Waals surface area contributed by atoms with Gasteiger partial charge in [0.1, 0.15) is 6.33 Å². The van der Waals surface area contributed by atoms with Crippen molar-refractivity contribution in [3.05, 3.63) is 85.5 Å². The summed E-state index contributed by atoms with van der Waals surface area (Å²) in [6.07, 6.45) is 5.13. The van der Waals surface area contributed by atoms with Crippen molar-refractivity contribution in [1.29, 1.82) is 0 Å². The molecule has 0 fully saturated rings. The van der Waals surface area contributed by atoms with E-state index in [0.29, 0.717) is 28.6 Å². The summed E-state index contributed by atoms with van der Waals surface area (Å²) in [7, 11) is 0. The highest BCUT2D eigenvalue weighted by molar-refractivity contribution is 5.90. The van der Waals surface area contributed by atoms with E-state index in [-0.39, 0.29) is 5.91 Å². The third kappa shape index (κ3) is 4.47. The summed E-state index contributed by atoms with van der Waals surface area (Å²) < 4.78 is 1.92. The maximum Gasteiger partial charge on any atom is 0.231 e. The molecule has 5 rings (SSSR count). The van der Waals surface area contributed by atoms with Crippen molar-refractivity contribution in [2.45, 2.75) is 6.92 Å². The van der Waals surface area contributed by atoms with Gasteiger partial charge >= 0.3 is 0 Å². The van der Waals surface area contributed by atoms with Crippen molar-refractivity contribution in [3.63, 3.8) is 0 Å². The number of carbonyl (C=O) groups is 1. The Hall–Kier alpha value is -4.79. The van der Waals surface area contributed by atoms with Gasteiger partial charge in [-0.25, -0.2) is 4.98 Å². The molecule has 9 nitrogen and oxygen atoms in total. The van der Waals surface area contributed by atoms with Gasteiger partial charge in [-0.2, -0.15) is 9.97 Å². The third-order valence-electron chi connectivity index (χ3n) is 4.83. The summed E-state index contributed by atoms with van der Waals surface area (Å²) in [6.45, 7) is 1.48. The standard InChI is InChI=1S/C24H20N8O/c1-16(33)27-17-7-9-18(10-8-17)28-22-21-23(32(15-26-21)20-5-3-2-4-6-20)31-24(30-22)29-19-11-13-25-14-12-19/h2-15H,1H3,(H,27,33)(H2,25,28,29,30,31). The number of benzene rings is 2. The van der Waals surface area contributed by atoms with Gasteiger partial charge in [-0.3, -0.25) is 14.3 Å². The number of imidazole rings is 1. The highest BCUT2D eigenvalue weighted by Crippen LogP contribution is 2.27. The van der Waals surface area contributed by atoms with Crippen LogP contribution in [0.15, 0.2) is 85.5 Å². The zero-order valence-electron chi connectivity index (χ0n) is 17.7. The highest BCUT2D eigenvalue weighted by atomic mass is 16.1. The molecule has 0 atom stereocenters. The molecule has 0 saturated carbocycles. The van der Waals surface area contributed by atoms with E-state index in [1.807, 2.05) is 71.3 Å². The quantitative estimate of drug-likeness (QED) is 0.355. The summed E-state index contributed by atoms with van der Waals surface area (Å²) in [4.78, 5) is 29.3. The first-order chi connectivity index (χ1) is 16.2. The molecule has 0 unspecified atom stereocenters. The summed E-state index contributed by atoms with van der Waals surface area (Å²) in [5.74, 6) is 0.855. The molecule has 0 saturated heterocycles. The molecule has 0 bridgehead atoms. The number of para-hydroxylation sites is 1. The maximum absolute atomic E-state index is 11.3. The van der Waals surface area contributed by atoms with Crippen molar-refractivity contribution in [2.75, 3.05) is 16.0 Å². The molecule has 0 radical (unpaired) electrons. The predicted octanol–water partition coefficient (Wildman–Crippen LogP) is 4.66. The van der Waals surface area contributed by atoms with Gasteiger partial charge in [0.05, 0.1) is 0 Å². The maximum atomic E-state index is 11.3. The van der Waals surface area contributed by atoms with Gasteiger partial charge in [0.25, 0.3) is 0 Å². The Bertz CT molecular complexity index is 1400. The first-order valence-corrected chi connectivity index (χ1v) is 10.3. The minimum absolute atomic E-state index is 0.119. The van der Waals surface area contributed by atoms with E-state index in [1.54, 1.807) is 18.7 Å². The van der Waals surface area contributed by atoms with E-state index in [9.17, 15) is 4.79 Å². The van der Waals surface area contributed by atoms with Crippen LogP contribution in [0.25, 0.3) is 16.9 Å². The number of nitrogens with one attached hydrogen (secondary N) is 3. The van der Waals surface area contributed by atoms with Crippen molar-refractivity contribution in [2.24, 2.45) is 0 Å². The van der Waals surface area contributed by atoms with Gasteiger partial charge in [0.15, 0.2) is 17.0 Å². The molecule has 1 amide bonds. The zero-order chi connectivity index (χ0) is 22.6. The fraction of sp³-hybridized carbons (Fsp3) is 0.0417. The fourth-order valence-corrected chi connectivity index (χ4v) is 3.36. The fourth-order valence-electron chi connectivity index (χ4n) is 3.36. The first kappa shape index (κ1) is 20.1. The second-order valence-electron chi connectivity index (χ2n) is 7.26. The Morgan fingerprint density at radius 1 is 0.818 bits per heavy atom. The summed E-state index contributed by atoms with van der Waals surface area (Å²) in [5.41, 5.74) is 4.57. The van der Waals surface area contributed by atoms with Gasteiger partial charge in [-0.15, -0.1) is 0 Å². The summed E-state index contributed by atoms with van der Waals surface area (Å²) >= 11 is 0. The Morgan fingerprint density at radius 2 is 1.52 bits per heavy atom. The van der Waals surface area contributed by atoms with Crippen LogP contribution in [0, 0.1) is 0 Å². The van der Waals surface area contributed by atoms with Crippen LogP contribution in [0.5, 0.6) is 0 Å². The van der Waals surface area contributed by atoms with Crippen molar-refractivity contribution >= 4 is 45.9 Å². The molecule has 162 valence electrons. The molecule has 9 heteroatoms. The van der Waals surface area contributed by atoms with E-state index in [2.05, 4.69) is 30.9 Å². The monoisotopic (exact) mass is 436 g/mol. The smallest absolute Gasteiger partial charge is 0.231 e. The molecule has 3 aromatic heterocycles. The number of carbonyl (C=O) groups excluding carboxylic acids is 1. The van der Waals surface area contributed by atoms with E-state index < -0.39 is 0 Å². The molecule has 0 aliphatic carbocycles. The highest BCUT2D eigenvalue weighted by Gasteiger charge is 2.15. The second kappa shape index (κ2) is 8.75. The SMILES string of the molecule is CC(=O)Nc1ccc(Nc2nc(Nc3ccncc3)nc3c2ncn3-c2ccccc2)cc1. The van der Waals surface area contributed by atoms with Crippen LogP contribution in [0.4, 0.5) is 28.8 Å². The molecule has 5 aromatic rings. The molecule has 2 aromatic carbocycles. The lowest BCUT2D eigenvalue weighted by molar-refractivity contribution is -0.114. The van der Waals surface area contributed by atoms with E-state index in [4.69, 9.17) is 4.98 Å². The van der Waals surface area contributed by atoms with Gasteiger partial charge in [0.2, 0.25) is 11.9 Å². The number of rotatable bonds is 6. The number of nitrogens with zero attached hydrogens (tertiary/aromatic N) is 5. The van der Waals surface area contributed by atoms with E-state index in [1.165, 1.54) is 6.92 Å². The van der Waals surface area contributed by atoms with Crippen molar-refractivity contribution < 1.29 is 4.79 Å². The lowest BCUT2D eigenvalue weighted by atomic mass is 10.2. The zero-order valence-corrected chi connectivity index (χ0v) is 17.7. The Morgan fingerprint density at radius 3 is 2.24 bits per heavy atom.